The third kappa shape index (κ3) is 2.26. The van der Waals surface area contributed by atoms with Crippen molar-refractivity contribution in [2.24, 2.45) is 0 Å². The standard InChI is InChI=1S/C17H16N2O/c1-20-14-7-4-6-13(11-14)19-16-10-9-12-5-2-3-8-15(12)17(16)18/h2-11,19H,18H2,1H3. The van der Waals surface area contributed by atoms with Gasteiger partial charge < -0.3 is 15.8 Å². The van der Waals surface area contributed by atoms with Crippen LogP contribution in [0, 0.1) is 0 Å². The lowest BCUT2D eigenvalue weighted by atomic mass is 10.1. The van der Waals surface area contributed by atoms with Crippen molar-refractivity contribution in [1.29, 1.82) is 0 Å². The number of anilines is 3. The Kier molecular flexibility index (Phi) is 3.17. The highest BCUT2D eigenvalue weighted by Gasteiger charge is 2.04. The van der Waals surface area contributed by atoms with E-state index in [1.807, 2.05) is 48.5 Å². The molecule has 0 aliphatic carbocycles. The lowest BCUT2D eigenvalue weighted by Gasteiger charge is -2.12. The zero-order valence-electron chi connectivity index (χ0n) is 11.3. The Labute approximate surface area is 118 Å². The Hall–Kier alpha value is -2.68. The average molecular weight is 264 g/mol. The minimum Gasteiger partial charge on any atom is -0.497 e. The SMILES string of the molecule is COc1cccc(Nc2ccc3ccccc3c2N)c1. The van der Waals surface area contributed by atoms with Gasteiger partial charge in [-0.2, -0.15) is 0 Å². The van der Waals surface area contributed by atoms with Gasteiger partial charge in [-0.15, -0.1) is 0 Å². The van der Waals surface area contributed by atoms with Crippen LogP contribution in [0.15, 0.2) is 60.7 Å². The van der Waals surface area contributed by atoms with E-state index in [4.69, 9.17) is 10.5 Å². The maximum absolute atomic E-state index is 6.24. The molecule has 0 aliphatic rings. The zero-order valence-corrected chi connectivity index (χ0v) is 11.3. The van der Waals surface area contributed by atoms with Gasteiger partial charge >= 0.3 is 0 Å². The molecule has 20 heavy (non-hydrogen) atoms. The van der Waals surface area contributed by atoms with E-state index in [2.05, 4.69) is 17.4 Å². The normalized spacial score (nSPS) is 10.4. The quantitative estimate of drug-likeness (QED) is 0.698. The maximum atomic E-state index is 6.24. The van der Waals surface area contributed by atoms with Crippen molar-refractivity contribution in [2.75, 3.05) is 18.2 Å². The summed E-state index contributed by atoms with van der Waals surface area (Å²) in [7, 11) is 1.66. The van der Waals surface area contributed by atoms with Crippen LogP contribution in [0.5, 0.6) is 5.75 Å². The molecule has 0 bridgehead atoms. The fourth-order valence-corrected chi connectivity index (χ4v) is 2.26. The highest BCUT2D eigenvalue weighted by atomic mass is 16.5. The van der Waals surface area contributed by atoms with Crippen LogP contribution in [0.4, 0.5) is 17.1 Å². The van der Waals surface area contributed by atoms with Crippen LogP contribution in [0.3, 0.4) is 0 Å². The molecule has 3 heteroatoms. The van der Waals surface area contributed by atoms with Gasteiger partial charge in [-0.05, 0) is 23.6 Å². The van der Waals surface area contributed by atoms with Crippen LogP contribution in [0.1, 0.15) is 0 Å². The highest BCUT2D eigenvalue weighted by Crippen LogP contribution is 2.31. The number of benzene rings is 3. The first-order valence-corrected chi connectivity index (χ1v) is 6.46. The third-order valence-corrected chi connectivity index (χ3v) is 3.32. The van der Waals surface area contributed by atoms with E-state index in [9.17, 15) is 0 Å². The molecular weight excluding hydrogens is 248 g/mol. The first-order chi connectivity index (χ1) is 9.78. The summed E-state index contributed by atoms with van der Waals surface area (Å²) in [5.74, 6) is 0.814. The molecule has 3 nitrogen and oxygen atoms in total. The van der Waals surface area contributed by atoms with Gasteiger partial charge in [-0.3, -0.25) is 0 Å². The zero-order chi connectivity index (χ0) is 13.9. The number of hydrogen-bond acceptors (Lipinski definition) is 3. The molecule has 0 amide bonds. The molecule has 0 saturated heterocycles. The van der Waals surface area contributed by atoms with Gasteiger partial charge in [0.15, 0.2) is 0 Å². The second-order valence-electron chi connectivity index (χ2n) is 4.60. The van der Waals surface area contributed by atoms with Crippen molar-refractivity contribution in [3.63, 3.8) is 0 Å². The van der Waals surface area contributed by atoms with Gasteiger partial charge in [0.05, 0.1) is 18.5 Å². The summed E-state index contributed by atoms with van der Waals surface area (Å²) in [6.45, 7) is 0. The second kappa shape index (κ2) is 5.13. The number of hydrogen-bond donors (Lipinski definition) is 2. The van der Waals surface area contributed by atoms with Crippen molar-refractivity contribution >= 4 is 27.8 Å². The molecule has 0 radical (unpaired) electrons. The highest BCUT2D eigenvalue weighted by molar-refractivity contribution is 5.99. The summed E-state index contributed by atoms with van der Waals surface area (Å²) in [5.41, 5.74) is 8.85. The molecule has 3 aromatic rings. The van der Waals surface area contributed by atoms with Crippen LogP contribution in [0.25, 0.3) is 10.8 Å². The first kappa shape index (κ1) is 12.4. The Morgan fingerprint density at radius 2 is 1.80 bits per heavy atom. The largest absolute Gasteiger partial charge is 0.497 e. The van der Waals surface area contributed by atoms with Crippen molar-refractivity contribution < 1.29 is 4.74 Å². The van der Waals surface area contributed by atoms with Crippen LogP contribution < -0.4 is 15.8 Å². The molecule has 0 atom stereocenters. The van der Waals surface area contributed by atoms with Gasteiger partial charge in [0, 0.05) is 17.1 Å². The minimum atomic E-state index is 0.755. The summed E-state index contributed by atoms with van der Waals surface area (Å²) < 4.78 is 5.22. The number of methoxy groups -OCH3 is 1. The average Bonchev–Trinajstić information content (AvgIpc) is 2.50. The van der Waals surface area contributed by atoms with Crippen molar-refractivity contribution in [1.82, 2.24) is 0 Å². The smallest absolute Gasteiger partial charge is 0.120 e. The first-order valence-electron chi connectivity index (χ1n) is 6.46. The lowest BCUT2D eigenvalue weighted by Crippen LogP contribution is -1.97. The molecule has 3 N–H and O–H groups in total. The fraction of sp³-hybridized carbons (Fsp3) is 0.0588. The van der Waals surface area contributed by atoms with E-state index in [-0.39, 0.29) is 0 Å². The molecule has 0 fully saturated rings. The summed E-state index contributed by atoms with van der Waals surface area (Å²) in [6, 6.07) is 19.9. The number of ether oxygens (including phenoxy) is 1. The molecule has 0 saturated carbocycles. The van der Waals surface area contributed by atoms with E-state index in [1.165, 1.54) is 0 Å². The monoisotopic (exact) mass is 264 g/mol. The molecule has 0 unspecified atom stereocenters. The fourth-order valence-electron chi connectivity index (χ4n) is 2.26. The van der Waals surface area contributed by atoms with Crippen molar-refractivity contribution in [3.05, 3.63) is 60.7 Å². The molecule has 0 aliphatic heterocycles. The van der Waals surface area contributed by atoms with E-state index in [0.717, 1.165) is 33.6 Å². The maximum Gasteiger partial charge on any atom is 0.120 e. The van der Waals surface area contributed by atoms with Gasteiger partial charge in [0.2, 0.25) is 0 Å². The molecule has 3 rings (SSSR count). The lowest BCUT2D eigenvalue weighted by molar-refractivity contribution is 0.415. The number of rotatable bonds is 3. The van der Waals surface area contributed by atoms with Gasteiger partial charge in [0.25, 0.3) is 0 Å². The Morgan fingerprint density at radius 3 is 2.65 bits per heavy atom. The Morgan fingerprint density at radius 1 is 0.950 bits per heavy atom. The Bertz CT molecular complexity index is 753. The number of nitrogens with two attached hydrogens (primary N) is 1. The molecule has 0 spiro atoms. The van der Waals surface area contributed by atoms with Gasteiger partial charge in [-0.1, -0.05) is 36.4 Å². The van der Waals surface area contributed by atoms with E-state index in [0.29, 0.717) is 0 Å². The van der Waals surface area contributed by atoms with Crippen molar-refractivity contribution in [3.8, 4) is 5.75 Å². The molecule has 100 valence electrons. The van der Waals surface area contributed by atoms with Gasteiger partial charge in [-0.25, -0.2) is 0 Å². The van der Waals surface area contributed by atoms with E-state index < -0.39 is 0 Å². The van der Waals surface area contributed by atoms with Crippen LogP contribution in [-0.4, -0.2) is 7.11 Å². The van der Waals surface area contributed by atoms with Crippen molar-refractivity contribution in [2.45, 2.75) is 0 Å². The predicted octanol–water partition coefficient (Wildman–Crippen LogP) is 4.17. The minimum absolute atomic E-state index is 0.755. The van der Waals surface area contributed by atoms with E-state index >= 15 is 0 Å². The van der Waals surface area contributed by atoms with E-state index in [1.54, 1.807) is 7.11 Å². The number of fused-ring (bicyclic) bond motifs is 1. The number of nitrogen functional groups attached to an aromatic ring is 1. The summed E-state index contributed by atoms with van der Waals surface area (Å²) in [6.07, 6.45) is 0. The molecule has 3 aromatic carbocycles. The molecule has 0 aromatic heterocycles. The summed E-state index contributed by atoms with van der Waals surface area (Å²) in [4.78, 5) is 0. The van der Waals surface area contributed by atoms with Crippen LogP contribution in [0.2, 0.25) is 0 Å². The number of nitrogens with one attached hydrogen (secondary N) is 1. The van der Waals surface area contributed by atoms with Crippen LogP contribution >= 0.6 is 0 Å². The topological polar surface area (TPSA) is 47.3 Å². The molecular formula is C17H16N2O. The van der Waals surface area contributed by atoms with Crippen LogP contribution in [-0.2, 0) is 0 Å². The summed E-state index contributed by atoms with van der Waals surface area (Å²) >= 11 is 0. The second-order valence-corrected chi connectivity index (χ2v) is 4.60. The van der Waals surface area contributed by atoms with Gasteiger partial charge in [0.1, 0.15) is 5.75 Å². The summed E-state index contributed by atoms with van der Waals surface area (Å²) in [5, 5.41) is 5.53. The predicted molar refractivity (Wildman–Crippen MR) is 84.6 cm³/mol. The molecule has 0 heterocycles. The third-order valence-electron chi connectivity index (χ3n) is 3.32. The Balaban J connectivity index is 2.00.